The summed E-state index contributed by atoms with van der Waals surface area (Å²) in [6.07, 6.45) is -9.70. The minimum atomic E-state index is -5.90. The first-order valence-electron chi connectivity index (χ1n) is 1.96. The number of hydrogen-bond acceptors (Lipinski definition) is 3. The molecule has 0 aromatic rings. The first-order chi connectivity index (χ1) is 4.63. The Kier molecular flexibility index (Phi) is 2.78. The SMILES string of the molecule is O=S(=O)(F)OC(F)C(F)(F)F. The summed E-state index contributed by atoms with van der Waals surface area (Å²) < 4.78 is 76.6. The maximum Gasteiger partial charge on any atom is 0.446 e. The normalized spacial score (nSPS) is 16.5. The quantitative estimate of drug-likeness (QED) is 0.494. The molecule has 1 unspecified atom stereocenters. The van der Waals surface area contributed by atoms with Gasteiger partial charge in [-0.3, -0.25) is 0 Å². The second-order valence-corrected chi connectivity index (χ2v) is 2.33. The van der Waals surface area contributed by atoms with Gasteiger partial charge in [-0.2, -0.15) is 25.8 Å². The van der Waals surface area contributed by atoms with Gasteiger partial charge in [0, 0.05) is 0 Å². The van der Waals surface area contributed by atoms with Gasteiger partial charge in [0.15, 0.2) is 0 Å². The fraction of sp³-hybridized carbons (Fsp3) is 1.00. The Bertz CT molecular complexity index is 216. The molecule has 11 heavy (non-hydrogen) atoms. The number of alkyl halides is 4. The molecule has 0 aliphatic rings. The van der Waals surface area contributed by atoms with Gasteiger partial charge in [0.2, 0.25) is 0 Å². The van der Waals surface area contributed by atoms with Crippen LogP contribution in [0.4, 0.5) is 21.4 Å². The second kappa shape index (κ2) is 2.89. The Morgan fingerprint density at radius 1 is 1.27 bits per heavy atom. The lowest BCUT2D eigenvalue weighted by Gasteiger charge is -2.08. The van der Waals surface area contributed by atoms with Crippen molar-refractivity contribution < 1.29 is 34.0 Å². The zero-order valence-electron chi connectivity index (χ0n) is 4.60. The van der Waals surface area contributed by atoms with E-state index in [2.05, 4.69) is 4.18 Å². The summed E-state index contributed by atoms with van der Waals surface area (Å²) in [7, 11) is -5.90. The maximum absolute atomic E-state index is 11.4. The molecule has 3 nitrogen and oxygen atoms in total. The van der Waals surface area contributed by atoms with Crippen LogP contribution in [0.3, 0.4) is 0 Å². The van der Waals surface area contributed by atoms with E-state index in [-0.39, 0.29) is 0 Å². The molecule has 68 valence electrons. The Balaban J connectivity index is 4.21. The van der Waals surface area contributed by atoms with Crippen molar-refractivity contribution >= 4 is 10.5 Å². The van der Waals surface area contributed by atoms with Crippen LogP contribution in [0, 0.1) is 0 Å². The van der Waals surface area contributed by atoms with E-state index in [1.165, 1.54) is 0 Å². The van der Waals surface area contributed by atoms with Gasteiger partial charge < -0.3 is 0 Å². The van der Waals surface area contributed by atoms with E-state index in [9.17, 15) is 29.9 Å². The molecule has 0 aromatic carbocycles. The summed E-state index contributed by atoms with van der Waals surface area (Å²) in [5.41, 5.74) is 0. The first-order valence-corrected chi connectivity index (χ1v) is 3.27. The summed E-state index contributed by atoms with van der Waals surface area (Å²) in [5.74, 6) is 0. The monoisotopic (exact) mass is 200 g/mol. The fourth-order valence-electron chi connectivity index (χ4n) is 0.155. The smallest absolute Gasteiger partial charge is 0.204 e. The van der Waals surface area contributed by atoms with Crippen molar-refractivity contribution in [1.82, 2.24) is 0 Å². The van der Waals surface area contributed by atoms with Gasteiger partial charge in [-0.15, -0.1) is 0 Å². The third kappa shape index (κ3) is 4.90. The summed E-state index contributed by atoms with van der Waals surface area (Å²) in [6, 6.07) is 0. The second-order valence-electron chi connectivity index (χ2n) is 1.35. The standard InChI is InChI=1S/C2HF5O3S/c3-1(2(4,5)6)10-11(7,8)9/h1H. The van der Waals surface area contributed by atoms with E-state index < -0.39 is 23.0 Å². The maximum atomic E-state index is 11.4. The Morgan fingerprint density at radius 2 is 1.64 bits per heavy atom. The van der Waals surface area contributed by atoms with Crippen LogP contribution in [0.15, 0.2) is 0 Å². The third-order valence-corrected chi connectivity index (χ3v) is 0.856. The Morgan fingerprint density at radius 3 is 1.73 bits per heavy atom. The number of halogens is 5. The van der Waals surface area contributed by atoms with Crippen LogP contribution in [-0.2, 0) is 14.7 Å². The van der Waals surface area contributed by atoms with Gasteiger partial charge in [-0.1, -0.05) is 3.89 Å². The largest absolute Gasteiger partial charge is 0.446 e. The highest BCUT2D eigenvalue weighted by molar-refractivity contribution is 7.81. The van der Waals surface area contributed by atoms with Gasteiger partial charge >= 0.3 is 23.0 Å². The topological polar surface area (TPSA) is 43.4 Å². The van der Waals surface area contributed by atoms with Gasteiger partial charge in [-0.25, -0.2) is 4.39 Å². The van der Waals surface area contributed by atoms with Crippen LogP contribution in [0.25, 0.3) is 0 Å². The van der Waals surface area contributed by atoms with Crippen molar-refractivity contribution in [3.05, 3.63) is 0 Å². The number of rotatable bonds is 2. The molecular weight excluding hydrogens is 199 g/mol. The van der Waals surface area contributed by atoms with Crippen LogP contribution in [-0.4, -0.2) is 21.0 Å². The average molecular weight is 200 g/mol. The van der Waals surface area contributed by atoms with Crippen molar-refractivity contribution in [3.8, 4) is 0 Å². The van der Waals surface area contributed by atoms with Crippen molar-refractivity contribution in [2.75, 3.05) is 0 Å². The lowest BCUT2D eigenvalue weighted by molar-refractivity contribution is -0.236. The van der Waals surface area contributed by atoms with Crippen molar-refractivity contribution in [3.63, 3.8) is 0 Å². The van der Waals surface area contributed by atoms with Crippen LogP contribution in [0.2, 0.25) is 0 Å². The van der Waals surface area contributed by atoms with Gasteiger partial charge in [0.1, 0.15) is 0 Å². The molecule has 0 aliphatic carbocycles. The van der Waals surface area contributed by atoms with Crippen LogP contribution in [0.1, 0.15) is 0 Å². The molecule has 0 amide bonds. The fourth-order valence-corrected chi connectivity index (χ4v) is 0.466. The lowest BCUT2D eigenvalue weighted by Crippen LogP contribution is -2.28. The summed E-state index contributed by atoms with van der Waals surface area (Å²) in [4.78, 5) is 0. The molecule has 0 spiro atoms. The van der Waals surface area contributed by atoms with Crippen LogP contribution in [0.5, 0.6) is 0 Å². The van der Waals surface area contributed by atoms with Crippen molar-refractivity contribution in [2.24, 2.45) is 0 Å². The van der Waals surface area contributed by atoms with E-state index in [1.54, 1.807) is 0 Å². The molecule has 0 saturated carbocycles. The predicted molar refractivity (Wildman–Crippen MR) is 22.1 cm³/mol. The third-order valence-electron chi connectivity index (χ3n) is 0.457. The highest BCUT2D eigenvalue weighted by Crippen LogP contribution is 2.25. The minimum absolute atomic E-state index is 2.32. The summed E-state index contributed by atoms with van der Waals surface area (Å²) >= 11 is 0. The van der Waals surface area contributed by atoms with Gasteiger partial charge in [-0.05, 0) is 0 Å². The van der Waals surface area contributed by atoms with Crippen molar-refractivity contribution in [2.45, 2.75) is 12.5 Å². The van der Waals surface area contributed by atoms with E-state index >= 15 is 0 Å². The highest BCUT2D eigenvalue weighted by Gasteiger charge is 2.44. The summed E-state index contributed by atoms with van der Waals surface area (Å²) in [6.45, 7) is 0. The molecule has 0 aromatic heterocycles. The molecular formula is C2HF5O3S. The zero-order valence-corrected chi connectivity index (χ0v) is 5.42. The molecule has 1 atom stereocenters. The molecule has 0 rings (SSSR count). The Hall–Kier alpha value is -0.440. The predicted octanol–water partition coefficient (Wildman–Crippen LogP) is 1.08. The molecule has 0 radical (unpaired) electrons. The molecule has 9 heteroatoms. The van der Waals surface area contributed by atoms with Crippen LogP contribution < -0.4 is 0 Å². The van der Waals surface area contributed by atoms with E-state index in [0.29, 0.717) is 0 Å². The minimum Gasteiger partial charge on any atom is -0.204 e. The van der Waals surface area contributed by atoms with Gasteiger partial charge in [0.05, 0.1) is 0 Å². The number of hydrogen-bond donors (Lipinski definition) is 0. The molecule has 0 N–H and O–H groups in total. The molecule has 0 heterocycles. The molecule has 0 fully saturated rings. The first kappa shape index (κ1) is 10.6. The van der Waals surface area contributed by atoms with E-state index in [1.807, 2.05) is 0 Å². The average Bonchev–Trinajstić information content (AvgIpc) is 1.56. The van der Waals surface area contributed by atoms with Crippen molar-refractivity contribution in [1.29, 1.82) is 0 Å². The Labute approximate surface area is 58.2 Å². The molecule has 0 aliphatic heterocycles. The van der Waals surface area contributed by atoms with Crippen LogP contribution >= 0.6 is 0 Å². The highest BCUT2D eigenvalue weighted by atomic mass is 32.3. The van der Waals surface area contributed by atoms with E-state index in [0.717, 1.165) is 0 Å². The van der Waals surface area contributed by atoms with Gasteiger partial charge in [0.25, 0.3) is 0 Å². The molecule has 0 bridgehead atoms. The summed E-state index contributed by atoms with van der Waals surface area (Å²) in [5, 5.41) is 0. The molecule has 0 saturated heterocycles. The van der Waals surface area contributed by atoms with E-state index in [4.69, 9.17) is 0 Å². The lowest BCUT2D eigenvalue weighted by atomic mass is 10.7. The zero-order chi connectivity index (χ0) is 9.28.